The van der Waals surface area contributed by atoms with Crippen molar-refractivity contribution < 1.29 is 14.4 Å². The molecule has 0 atom stereocenters. The van der Waals surface area contributed by atoms with Gasteiger partial charge in [-0.1, -0.05) is 31.0 Å². The topological polar surface area (TPSA) is 78.5 Å². The maximum absolute atomic E-state index is 12.4. The number of carbonyl (C=O) groups is 3. The van der Waals surface area contributed by atoms with Gasteiger partial charge >= 0.3 is 6.03 Å². The highest BCUT2D eigenvalue weighted by molar-refractivity contribution is 6.02. The Bertz CT molecular complexity index is 592. The molecule has 22 heavy (non-hydrogen) atoms. The molecule has 1 aliphatic carbocycles. The van der Waals surface area contributed by atoms with E-state index in [1.165, 1.54) is 0 Å². The van der Waals surface area contributed by atoms with Crippen molar-refractivity contribution in [2.24, 2.45) is 0 Å². The highest BCUT2D eigenvalue weighted by Gasteiger charge is 2.29. The Labute approximate surface area is 128 Å². The minimum atomic E-state index is -0.406. The number of nitrogens with one attached hydrogen (secondary N) is 2. The highest BCUT2D eigenvalue weighted by Crippen LogP contribution is 2.19. The van der Waals surface area contributed by atoms with Crippen molar-refractivity contribution in [3.8, 4) is 0 Å². The summed E-state index contributed by atoms with van der Waals surface area (Å²) >= 11 is 0. The molecular weight excluding hydrogens is 282 g/mol. The van der Waals surface area contributed by atoms with Crippen LogP contribution >= 0.6 is 0 Å². The second kappa shape index (κ2) is 6.17. The first-order valence-corrected chi connectivity index (χ1v) is 7.62. The number of hydrogen-bond acceptors (Lipinski definition) is 3. The second-order valence-electron chi connectivity index (χ2n) is 5.75. The van der Waals surface area contributed by atoms with Gasteiger partial charge in [-0.3, -0.25) is 14.5 Å². The van der Waals surface area contributed by atoms with Gasteiger partial charge < -0.3 is 10.6 Å². The third kappa shape index (κ3) is 2.95. The molecule has 0 unspecified atom stereocenters. The summed E-state index contributed by atoms with van der Waals surface area (Å²) in [6, 6.07) is 6.94. The van der Waals surface area contributed by atoms with Crippen molar-refractivity contribution >= 4 is 17.8 Å². The van der Waals surface area contributed by atoms with Crippen molar-refractivity contribution in [1.29, 1.82) is 0 Å². The molecule has 1 heterocycles. The van der Waals surface area contributed by atoms with Crippen LogP contribution in [0.1, 0.15) is 41.6 Å². The number of rotatable bonds is 4. The summed E-state index contributed by atoms with van der Waals surface area (Å²) in [6.45, 7) is 0.147. The molecule has 2 fully saturated rings. The van der Waals surface area contributed by atoms with Crippen molar-refractivity contribution in [3.05, 3.63) is 35.4 Å². The van der Waals surface area contributed by atoms with Gasteiger partial charge in [0.15, 0.2) is 0 Å². The van der Waals surface area contributed by atoms with Gasteiger partial charge in [-0.25, -0.2) is 4.79 Å². The summed E-state index contributed by atoms with van der Waals surface area (Å²) in [5, 5.41) is 5.52. The third-order valence-corrected chi connectivity index (χ3v) is 4.22. The molecule has 0 aromatic heterocycles. The van der Waals surface area contributed by atoms with E-state index in [0.717, 1.165) is 30.6 Å². The van der Waals surface area contributed by atoms with Crippen LogP contribution in [0, 0.1) is 0 Å². The number of hydrogen-bond donors (Lipinski definition) is 2. The van der Waals surface area contributed by atoms with E-state index >= 15 is 0 Å². The number of imide groups is 1. The molecule has 1 aromatic carbocycles. The Morgan fingerprint density at radius 3 is 2.64 bits per heavy atom. The minimum Gasteiger partial charge on any atom is -0.349 e. The van der Waals surface area contributed by atoms with Gasteiger partial charge in [0.05, 0.1) is 13.1 Å². The number of nitrogens with zero attached hydrogens (tertiary/aromatic N) is 1. The van der Waals surface area contributed by atoms with E-state index in [2.05, 4.69) is 10.6 Å². The summed E-state index contributed by atoms with van der Waals surface area (Å²) in [5.74, 6) is -0.398. The van der Waals surface area contributed by atoms with E-state index in [-0.39, 0.29) is 30.9 Å². The highest BCUT2D eigenvalue weighted by atomic mass is 16.2. The molecule has 1 saturated carbocycles. The zero-order valence-corrected chi connectivity index (χ0v) is 12.3. The Balaban J connectivity index is 1.75. The van der Waals surface area contributed by atoms with Gasteiger partial charge in [0.1, 0.15) is 0 Å². The molecule has 2 aliphatic rings. The van der Waals surface area contributed by atoms with Crippen LogP contribution in [0.4, 0.5) is 4.79 Å². The van der Waals surface area contributed by atoms with Gasteiger partial charge in [-0.15, -0.1) is 0 Å². The van der Waals surface area contributed by atoms with Crippen molar-refractivity contribution in [3.63, 3.8) is 0 Å². The molecule has 6 heteroatoms. The van der Waals surface area contributed by atoms with E-state index in [1.807, 2.05) is 0 Å². The van der Waals surface area contributed by atoms with E-state index in [1.54, 1.807) is 24.3 Å². The third-order valence-electron chi connectivity index (χ3n) is 4.22. The monoisotopic (exact) mass is 301 g/mol. The zero-order chi connectivity index (χ0) is 15.5. The normalized spacial score (nSPS) is 18.6. The number of amides is 4. The van der Waals surface area contributed by atoms with Crippen LogP contribution in [-0.4, -0.2) is 35.3 Å². The summed E-state index contributed by atoms with van der Waals surface area (Å²) in [4.78, 5) is 36.9. The largest absolute Gasteiger partial charge is 0.349 e. The maximum atomic E-state index is 12.4. The lowest BCUT2D eigenvalue weighted by molar-refractivity contribution is -0.125. The van der Waals surface area contributed by atoms with E-state index in [4.69, 9.17) is 0 Å². The standard InChI is InChI=1S/C16H19N3O3/c20-14-9-17-16(22)19(14)10-11-5-1-4-8-13(11)15(21)18-12-6-2-3-7-12/h1,4-5,8,12H,2-3,6-7,9-10H2,(H,17,22)(H,18,21). The first kappa shape index (κ1) is 14.6. The molecule has 2 N–H and O–H groups in total. The molecular formula is C16H19N3O3. The lowest BCUT2D eigenvalue weighted by Gasteiger charge is -2.17. The Morgan fingerprint density at radius 2 is 1.95 bits per heavy atom. The molecule has 1 saturated heterocycles. The van der Waals surface area contributed by atoms with E-state index in [9.17, 15) is 14.4 Å². The van der Waals surface area contributed by atoms with E-state index < -0.39 is 6.03 Å². The lowest BCUT2D eigenvalue weighted by atomic mass is 10.1. The lowest BCUT2D eigenvalue weighted by Crippen LogP contribution is -2.35. The average Bonchev–Trinajstić information content (AvgIpc) is 3.13. The van der Waals surface area contributed by atoms with Gasteiger partial charge in [0.2, 0.25) is 5.91 Å². The molecule has 6 nitrogen and oxygen atoms in total. The maximum Gasteiger partial charge on any atom is 0.324 e. The first-order chi connectivity index (χ1) is 10.6. The summed E-state index contributed by atoms with van der Waals surface area (Å²) < 4.78 is 0. The minimum absolute atomic E-state index is 0.0231. The number of urea groups is 1. The number of carbonyl (C=O) groups excluding carboxylic acids is 3. The Morgan fingerprint density at radius 1 is 1.23 bits per heavy atom. The Hall–Kier alpha value is -2.37. The molecule has 116 valence electrons. The van der Waals surface area contributed by atoms with Crippen LogP contribution in [-0.2, 0) is 11.3 Å². The van der Waals surface area contributed by atoms with Gasteiger partial charge in [0, 0.05) is 11.6 Å². The van der Waals surface area contributed by atoms with Crippen LogP contribution in [0.15, 0.2) is 24.3 Å². The van der Waals surface area contributed by atoms with Crippen molar-refractivity contribution in [2.45, 2.75) is 38.3 Å². The van der Waals surface area contributed by atoms with Gasteiger partial charge in [0.25, 0.3) is 5.91 Å². The first-order valence-electron chi connectivity index (χ1n) is 7.62. The van der Waals surface area contributed by atoms with Crippen LogP contribution < -0.4 is 10.6 Å². The van der Waals surface area contributed by atoms with Gasteiger partial charge in [-0.05, 0) is 24.5 Å². The molecule has 0 spiro atoms. The smallest absolute Gasteiger partial charge is 0.324 e. The zero-order valence-electron chi connectivity index (χ0n) is 12.3. The van der Waals surface area contributed by atoms with Crippen molar-refractivity contribution in [2.75, 3.05) is 6.54 Å². The number of benzene rings is 1. The fourth-order valence-electron chi connectivity index (χ4n) is 3.00. The second-order valence-corrected chi connectivity index (χ2v) is 5.75. The van der Waals surface area contributed by atoms with Crippen LogP contribution in [0.25, 0.3) is 0 Å². The van der Waals surface area contributed by atoms with Crippen LogP contribution in [0.2, 0.25) is 0 Å². The fraction of sp³-hybridized carbons (Fsp3) is 0.438. The summed E-state index contributed by atoms with van der Waals surface area (Å²) in [6.07, 6.45) is 4.33. The molecule has 0 radical (unpaired) electrons. The molecule has 4 amide bonds. The van der Waals surface area contributed by atoms with E-state index in [0.29, 0.717) is 11.1 Å². The van der Waals surface area contributed by atoms with Crippen molar-refractivity contribution in [1.82, 2.24) is 15.5 Å². The molecule has 0 bridgehead atoms. The molecule has 1 aliphatic heterocycles. The van der Waals surface area contributed by atoms with Crippen LogP contribution in [0.3, 0.4) is 0 Å². The predicted molar refractivity (Wildman–Crippen MR) is 80.1 cm³/mol. The fourth-order valence-corrected chi connectivity index (χ4v) is 3.00. The van der Waals surface area contributed by atoms with Crippen LogP contribution in [0.5, 0.6) is 0 Å². The quantitative estimate of drug-likeness (QED) is 0.825. The molecule has 1 aromatic rings. The predicted octanol–water partition coefficient (Wildman–Crippen LogP) is 1.41. The summed E-state index contributed by atoms with van der Waals surface area (Å²) in [7, 11) is 0. The SMILES string of the molecule is O=C(NC1CCCC1)c1ccccc1CN1C(=O)CNC1=O. The summed E-state index contributed by atoms with van der Waals surface area (Å²) in [5.41, 5.74) is 1.21. The average molecular weight is 301 g/mol. The van der Waals surface area contributed by atoms with Gasteiger partial charge in [-0.2, -0.15) is 0 Å². The molecule has 3 rings (SSSR count). The Kier molecular flexibility index (Phi) is 4.09.